The van der Waals surface area contributed by atoms with Crippen LogP contribution in [0.2, 0.25) is 0 Å². The molecule has 4 heteroatoms. The van der Waals surface area contributed by atoms with Gasteiger partial charge in [0, 0.05) is 6.04 Å². The Bertz CT molecular complexity index is 582. The standard InChI is InChI=1S/C15H17NO3/c1-16-13(9-14(17)18)15(19)12-7-6-10-4-2-3-5-11(10)8-12/h2-8,13,15-16,19H,9H2,1H3,(H,17,18). The van der Waals surface area contributed by atoms with Crippen LogP contribution in [0.25, 0.3) is 10.8 Å². The van der Waals surface area contributed by atoms with Gasteiger partial charge in [0.2, 0.25) is 0 Å². The molecule has 0 aliphatic carbocycles. The second-order valence-corrected chi connectivity index (χ2v) is 4.54. The maximum atomic E-state index is 10.8. The van der Waals surface area contributed by atoms with Crippen LogP contribution in [0, 0.1) is 0 Å². The predicted molar refractivity (Wildman–Crippen MR) is 74.0 cm³/mol. The van der Waals surface area contributed by atoms with Crippen molar-refractivity contribution in [2.24, 2.45) is 0 Å². The summed E-state index contributed by atoms with van der Waals surface area (Å²) in [4.78, 5) is 10.8. The van der Waals surface area contributed by atoms with Gasteiger partial charge in [0.25, 0.3) is 0 Å². The number of carboxylic acid groups (broad SMARTS) is 1. The summed E-state index contributed by atoms with van der Waals surface area (Å²) < 4.78 is 0. The van der Waals surface area contributed by atoms with Crippen molar-refractivity contribution in [1.29, 1.82) is 0 Å². The summed E-state index contributed by atoms with van der Waals surface area (Å²) in [5.74, 6) is -0.931. The Balaban J connectivity index is 2.29. The average Bonchev–Trinajstić information content (AvgIpc) is 2.43. The Morgan fingerprint density at radius 3 is 2.53 bits per heavy atom. The van der Waals surface area contributed by atoms with E-state index in [0.717, 1.165) is 16.3 Å². The van der Waals surface area contributed by atoms with Gasteiger partial charge in [0.05, 0.1) is 12.5 Å². The third-order valence-electron chi connectivity index (χ3n) is 3.26. The number of likely N-dealkylation sites (N-methyl/N-ethyl adjacent to an activating group) is 1. The summed E-state index contributed by atoms with van der Waals surface area (Å²) in [5.41, 5.74) is 0.722. The summed E-state index contributed by atoms with van der Waals surface area (Å²) in [6.07, 6.45) is -0.962. The van der Waals surface area contributed by atoms with Gasteiger partial charge in [-0.2, -0.15) is 0 Å². The highest BCUT2D eigenvalue weighted by atomic mass is 16.4. The van der Waals surface area contributed by atoms with Crippen LogP contribution in [0.4, 0.5) is 0 Å². The first-order chi connectivity index (χ1) is 9.11. The highest BCUT2D eigenvalue weighted by Crippen LogP contribution is 2.23. The molecule has 0 fully saturated rings. The molecule has 3 N–H and O–H groups in total. The SMILES string of the molecule is CNC(CC(=O)O)C(O)c1ccc2ccccc2c1. The number of carboxylic acids is 1. The summed E-state index contributed by atoms with van der Waals surface area (Å²) >= 11 is 0. The maximum absolute atomic E-state index is 10.8. The van der Waals surface area contributed by atoms with Crippen molar-refractivity contribution in [2.75, 3.05) is 7.05 Å². The molecule has 0 spiro atoms. The number of aliphatic hydroxyl groups excluding tert-OH is 1. The second-order valence-electron chi connectivity index (χ2n) is 4.54. The molecule has 100 valence electrons. The molecule has 2 unspecified atom stereocenters. The molecule has 0 heterocycles. The number of hydrogen-bond donors (Lipinski definition) is 3. The minimum Gasteiger partial charge on any atom is -0.481 e. The molecular weight excluding hydrogens is 242 g/mol. The number of carbonyl (C=O) groups is 1. The Labute approximate surface area is 111 Å². The van der Waals surface area contributed by atoms with Crippen molar-refractivity contribution >= 4 is 16.7 Å². The molecule has 0 amide bonds. The van der Waals surface area contributed by atoms with E-state index in [1.807, 2.05) is 42.5 Å². The number of hydrogen-bond acceptors (Lipinski definition) is 3. The van der Waals surface area contributed by atoms with E-state index in [1.54, 1.807) is 7.05 Å². The van der Waals surface area contributed by atoms with Crippen molar-refractivity contribution in [2.45, 2.75) is 18.6 Å². The fraction of sp³-hybridized carbons (Fsp3) is 0.267. The Hall–Kier alpha value is -1.91. The van der Waals surface area contributed by atoms with Gasteiger partial charge in [-0.25, -0.2) is 0 Å². The van der Waals surface area contributed by atoms with Gasteiger partial charge < -0.3 is 15.5 Å². The molecule has 0 aliphatic heterocycles. The first kappa shape index (κ1) is 13.5. The highest BCUT2D eigenvalue weighted by molar-refractivity contribution is 5.83. The van der Waals surface area contributed by atoms with E-state index < -0.39 is 18.1 Å². The van der Waals surface area contributed by atoms with E-state index in [-0.39, 0.29) is 6.42 Å². The molecule has 0 radical (unpaired) electrons. The summed E-state index contributed by atoms with van der Waals surface area (Å²) in [6, 6.07) is 13.0. The topological polar surface area (TPSA) is 69.6 Å². The monoisotopic (exact) mass is 259 g/mol. The fourth-order valence-corrected chi connectivity index (χ4v) is 2.18. The van der Waals surface area contributed by atoms with Gasteiger partial charge in [0.1, 0.15) is 0 Å². The second kappa shape index (κ2) is 5.82. The average molecular weight is 259 g/mol. The molecule has 0 saturated carbocycles. The third-order valence-corrected chi connectivity index (χ3v) is 3.26. The molecule has 4 nitrogen and oxygen atoms in total. The van der Waals surface area contributed by atoms with Gasteiger partial charge in [-0.3, -0.25) is 4.79 Å². The molecule has 0 bridgehead atoms. The van der Waals surface area contributed by atoms with E-state index >= 15 is 0 Å². The van der Waals surface area contributed by atoms with Gasteiger partial charge in [-0.05, 0) is 29.4 Å². The minimum atomic E-state index is -0.931. The number of rotatable bonds is 5. The lowest BCUT2D eigenvalue weighted by Gasteiger charge is -2.21. The Morgan fingerprint density at radius 1 is 1.21 bits per heavy atom. The van der Waals surface area contributed by atoms with Crippen molar-refractivity contribution in [1.82, 2.24) is 5.32 Å². The lowest BCUT2D eigenvalue weighted by atomic mass is 9.97. The first-order valence-corrected chi connectivity index (χ1v) is 6.17. The fourth-order valence-electron chi connectivity index (χ4n) is 2.18. The lowest BCUT2D eigenvalue weighted by molar-refractivity contribution is -0.138. The number of benzene rings is 2. The quantitative estimate of drug-likeness (QED) is 0.767. The van der Waals surface area contributed by atoms with Crippen LogP contribution < -0.4 is 5.32 Å². The van der Waals surface area contributed by atoms with E-state index in [2.05, 4.69) is 5.32 Å². The zero-order valence-electron chi connectivity index (χ0n) is 10.7. The van der Waals surface area contributed by atoms with Crippen LogP contribution in [0.1, 0.15) is 18.1 Å². The smallest absolute Gasteiger partial charge is 0.305 e. The van der Waals surface area contributed by atoms with E-state index in [1.165, 1.54) is 0 Å². The van der Waals surface area contributed by atoms with Crippen molar-refractivity contribution in [3.05, 3.63) is 48.0 Å². The van der Waals surface area contributed by atoms with Gasteiger partial charge in [0.15, 0.2) is 0 Å². The molecular formula is C15H17NO3. The summed E-state index contributed by atoms with van der Waals surface area (Å²) in [6.45, 7) is 0. The minimum absolute atomic E-state index is 0.121. The zero-order chi connectivity index (χ0) is 13.8. The molecule has 2 aromatic carbocycles. The number of nitrogens with one attached hydrogen (secondary N) is 1. The van der Waals surface area contributed by atoms with Crippen LogP contribution in [-0.4, -0.2) is 29.3 Å². The van der Waals surface area contributed by atoms with Gasteiger partial charge in [-0.15, -0.1) is 0 Å². The predicted octanol–water partition coefficient (Wildman–Crippen LogP) is 1.94. The Kier molecular flexibility index (Phi) is 4.14. The summed E-state index contributed by atoms with van der Waals surface area (Å²) in [7, 11) is 1.65. The molecule has 0 saturated heterocycles. The van der Waals surface area contributed by atoms with Gasteiger partial charge >= 0.3 is 5.97 Å². The molecule has 2 aromatic rings. The van der Waals surface area contributed by atoms with Gasteiger partial charge in [-0.1, -0.05) is 36.4 Å². The van der Waals surface area contributed by atoms with Crippen molar-refractivity contribution in [3.63, 3.8) is 0 Å². The highest BCUT2D eigenvalue weighted by Gasteiger charge is 2.22. The van der Waals surface area contributed by atoms with Crippen LogP contribution >= 0.6 is 0 Å². The van der Waals surface area contributed by atoms with Crippen LogP contribution in [0.3, 0.4) is 0 Å². The molecule has 0 aromatic heterocycles. The number of fused-ring (bicyclic) bond motifs is 1. The first-order valence-electron chi connectivity index (χ1n) is 6.17. The molecule has 2 atom stereocenters. The van der Waals surface area contributed by atoms with Crippen LogP contribution in [0.5, 0.6) is 0 Å². The van der Waals surface area contributed by atoms with E-state index in [0.29, 0.717) is 0 Å². The van der Waals surface area contributed by atoms with Crippen LogP contribution in [0.15, 0.2) is 42.5 Å². The summed E-state index contributed by atoms with van der Waals surface area (Å²) in [5, 5.41) is 24.1. The van der Waals surface area contributed by atoms with Crippen molar-refractivity contribution < 1.29 is 15.0 Å². The number of aliphatic hydroxyl groups is 1. The maximum Gasteiger partial charge on any atom is 0.305 e. The third kappa shape index (κ3) is 3.10. The lowest BCUT2D eigenvalue weighted by Crippen LogP contribution is -2.34. The zero-order valence-corrected chi connectivity index (χ0v) is 10.7. The van der Waals surface area contributed by atoms with E-state index in [9.17, 15) is 9.90 Å². The normalized spacial score (nSPS) is 14.2. The Morgan fingerprint density at radius 2 is 1.89 bits per heavy atom. The molecule has 2 rings (SSSR count). The molecule has 19 heavy (non-hydrogen) atoms. The molecule has 0 aliphatic rings. The van der Waals surface area contributed by atoms with E-state index in [4.69, 9.17) is 5.11 Å². The van der Waals surface area contributed by atoms with Crippen LogP contribution in [-0.2, 0) is 4.79 Å². The largest absolute Gasteiger partial charge is 0.481 e. The number of aliphatic carboxylic acids is 1. The van der Waals surface area contributed by atoms with Crippen molar-refractivity contribution in [3.8, 4) is 0 Å².